The van der Waals surface area contributed by atoms with Crippen LogP contribution in [0, 0.1) is 18.8 Å². The van der Waals surface area contributed by atoms with Crippen molar-refractivity contribution in [3.05, 3.63) is 68.9 Å². The molecule has 6 atom stereocenters. The van der Waals surface area contributed by atoms with E-state index in [1.165, 1.54) is 17.5 Å². The number of carboxylic acids is 1. The van der Waals surface area contributed by atoms with Gasteiger partial charge in [-0.2, -0.15) is 0 Å². The zero-order valence-electron chi connectivity index (χ0n) is 26.2. The Hall–Kier alpha value is -3.29. The van der Waals surface area contributed by atoms with Gasteiger partial charge >= 0.3 is 5.97 Å². The molecule has 45 heavy (non-hydrogen) atoms. The smallest absolute Gasteiger partial charge is 0.303 e. The number of hydrogen-bond acceptors (Lipinski definition) is 8. The number of aromatic amines is 1. The average Bonchev–Trinajstić information content (AvgIpc) is 3.87. The van der Waals surface area contributed by atoms with Gasteiger partial charge in [0.05, 0.1) is 12.0 Å². The van der Waals surface area contributed by atoms with Crippen molar-refractivity contribution in [1.82, 2.24) is 26.4 Å². The minimum Gasteiger partial charge on any atom is -0.481 e. The lowest BCUT2D eigenvalue weighted by atomic mass is 9.90. The summed E-state index contributed by atoms with van der Waals surface area (Å²) in [6.45, 7) is 12.0. The molecule has 1 aromatic heterocycles. The van der Waals surface area contributed by atoms with Crippen molar-refractivity contribution < 1.29 is 29.7 Å². The Morgan fingerprint density at radius 2 is 1.84 bits per heavy atom. The fourth-order valence-electron chi connectivity index (χ4n) is 7.20. The van der Waals surface area contributed by atoms with Gasteiger partial charge in [0.15, 0.2) is 17.3 Å². The Morgan fingerprint density at radius 1 is 1.13 bits per heavy atom. The number of amides is 1. The first-order valence-corrected chi connectivity index (χ1v) is 16.8. The van der Waals surface area contributed by atoms with E-state index in [4.69, 9.17) is 4.84 Å². The minimum atomic E-state index is -1.44. The molecule has 6 heterocycles. The van der Waals surface area contributed by atoms with Gasteiger partial charge in [-0.1, -0.05) is 19.6 Å². The van der Waals surface area contributed by atoms with Crippen LogP contribution < -0.4 is 21.4 Å². The third kappa shape index (κ3) is 6.14. The molecule has 0 saturated carbocycles. The molecular weight excluding hydrogens is 594 g/mol. The monoisotopic (exact) mass is 638 g/mol. The van der Waals surface area contributed by atoms with Crippen molar-refractivity contribution >= 4 is 35.8 Å². The van der Waals surface area contributed by atoms with Crippen LogP contribution in [-0.4, -0.2) is 67.4 Å². The number of aromatic nitrogens is 1. The number of aliphatic carboxylic acids is 1. The number of hydrogen-bond donors (Lipinski definition) is 8. The van der Waals surface area contributed by atoms with Gasteiger partial charge < -0.3 is 36.3 Å². The molecule has 0 radical (unpaired) electrons. The van der Waals surface area contributed by atoms with E-state index in [0.717, 1.165) is 50.6 Å². The third-order valence-corrected chi connectivity index (χ3v) is 11.2. The molecule has 1 aromatic rings. The summed E-state index contributed by atoms with van der Waals surface area (Å²) >= 11 is 1.45. The number of allylic oxidation sites excluding steroid dienone is 2. The van der Waals surface area contributed by atoms with Crippen LogP contribution in [0.5, 0.6) is 0 Å². The maximum Gasteiger partial charge on any atom is 0.303 e. The predicted octanol–water partition coefficient (Wildman–Crippen LogP) is 2.03. The fraction of sp³-hybridized carbons (Fsp3) is 0.515. The zero-order chi connectivity index (χ0) is 32.2. The first kappa shape index (κ1) is 31.7. The average molecular weight is 639 g/mol. The number of carbonyl (C=O) groups is 2. The summed E-state index contributed by atoms with van der Waals surface area (Å²) < 4.78 is 0. The summed E-state index contributed by atoms with van der Waals surface area (Å²) in [5, 5.41) is 39.8. The molecule has 8 N–H and O–H groups in total. The second-order valence-electron chi connectivity index (χ2n) is 12.9. The molecule has 5 aliphatic rings. The van der Waals surface area contributed by atoms with E-state index in [1.807, 2.05) is 26.8 Å². The van der Waals surface area contributed by atoms with Crippen LogP contribution in [0.15, 0.2) is 46.3 Å². The van der Waals surface area contributed by atoms with Crippen molar-refractivity contribution in [3.8, 4) is 0 Å². The molecule has 3 fully saturated rings. The van der Waals surface area contributed by atoms with Gasteiger partial charge in [0.2, 0.25) is 5.85 Å². The Bertz CT molecular complexity index is 1550. The van der Waals surface area contributed by atoms with Crippen LogP contribution in [-0.2, 0) is 32.6 Å². The molecule has 3 saturated heterocycles. The molecule has 6 rings (SSSR count). The summed E-state index contributed by atoms with van der Waals surface area (Å²) in [5.74, 6) is 0.289. The predicted molar refractivity (Wildman–Crippen MR) is 174 cm³/mol. The lowest BCUT2D eigenvalue weighted by Crippen LogP contribution is -2.36. The van der Waals surface area contributed by atoms with Gasteiger partial charge in [0, 0.05) is 53.2 Å². The van der Waals surface area contributed by atoms with E-state index in [1.54, 1.807) is 6.08 Å². The van der Waals surface area contributed by atoms with Crippen LogP contribution in [0.4, 0.5) is 0 Å². The number of nitrogens with one attached hydrogen (secondary N) is 5. The molecule has 12 heteroatoms. The van der Waals surface area contributed by atoms with Crippen molar-refractivity contribution in [2.75, 3.05) is 5.75 Å². The van der Waals surface area contributed by atoms with E-state index in [2.05, 4.69) is 46.0 Å². The van der Waals surface area contributed by atoms with Gasteiger partial charge in [-0.05, 0) is 91.8 Å². The van der Waals surface area contributed by atoms with Crippen LogP contribution in [0.1, 0.15) is 69.0 Å². The maximum absolute atomic E-state index is 12.4. The van der Waals surface area contributed by atoms with Gasteiger partial charge in [-0.25, -0.2) is 0 Å². The van der Waals surface area contributed by atoms with Crippen molar-refractivity contribution in [3.63, 3.8) is 0 Å². The highest BCUT2D eigenvalue weighted by atomic mass is 32.2. The van der Waals surface area contributed by atoms with Gasteiger partial charge in [0.1, 0.15) is 0 Å². The normalized spacial score (nSPS) is 32.2. The lowest BCUT2D eigenvalue weighted by Gasteiger charge is -2.20. The molecule has 242 valence electrons. The molecule has 1 amide bonds. The summed E-state index contributed by atoms with van der Waals surface area (Å²) in [6.07, 6.45) is 5.94. The molecule has 0 bridgehead atoms. The van der Waals surface area contributed by atoms with Crippen molar-refractivity contribution in [1.29, 1.82) is 0 Å². The molecule has 11 nitrogen and oxygen atoms in total. The Balaban J connectivity index is 1.34. The summed E-state index contributed by atoms with van der Waals surface area (Å²) in [6, 6.07) is -0.233. The third-order valence-electron chi connectivity index (χ3n) is 10.1. The summed E-state index contributed by atoms with van der Waals surface area (Å²) in [7, 11) is 0. The second kappa shape index (κ2) is 12.1. The molecule has 0 aliphatic carbocycles. The van der Waals surface area contributed by atoms with Gasteiger partial charge in [-0.15, -0.1) is 5.48 Å². The van der Waals surface area contributed by atoms with E-state index >= 15 is 0 Å². The van der Waals surface area contributed by atoms with E-state index in [-0.39, 0.29) is 36.8 Å². The number of thiol groups is 1. The number of rotatable bonds is 12. The number of hydroxylamine groups is 1. The Labute approximate surface area is 267 Å². The maximum atomic E-state index is 12.4. The zero-order valence-corrected chi connectivity index (χ0v) is 27.1. The highest BCUT2D eigenvalue weighted by molar-refractivity contribution is 7.86. The lowest BCUT2D eigenvalue weighted by molar-refractivity contribution is -0.137. The summed E-state index contributed by atoms with van der Waals surface area (Å²) in [4.78, 5) is 33.3. The molecule has 0 aromatic carbocycles. The number of aliphatic hydroxyl groups is 2. The van der Waals surface area contributed by atoms with Gasteiger partial charge in [-0.3, -0.25) is 14.4 Å². The Kier molecular flexibility index (Phi) is 8.55. The number of carboxylic acid groups (broad SMARTS) is 1. The quantitative estimate of drug-likeness (QED) is 0.0736. The SMILES string of the molecule is C=CC1=C(C)[C@@H](CC2N/C(=C\c3[nH]c(/C=C4\N[C@@]5(NO5)[C@H](C)[C@H]4[C@H]4C[SH+]4)c(C)c3CCC(=O)O)C(CCC(O)O)=C2C)NC1=O. The highest BCUT2D eigenvalue weighted by Gasteiger charge is 2.65. The number of H-pyrrole nitrogens is 1. The van der Waals surface area contributed by atoms with E-state index < -0.39 is 18.1 Å². The van der Waals surface area contributed by atoms with E-state index in [0.29, 0.717) is 36.0 Å². The van der Waals surface area contributed by atoms with Crippen LogP contribution in [0.3, 0.4) is 0 Å². The van der Waals surface area contributed by atoms with Gasteiger partial charge in [0.25, 0.3) is 5.91 Å². The first-order chi connectivity index (χ1) is 21.4. The molecule has 1 spiro atoms. The van der Waals surface area contributed by atoms with Crippen LogP contribution >= 0.6 is 0 Å². The largest absolute Gasteiger partial charge is 0.481 e. The fourth-order valence-corrected chi connectivity index (χ4v) is 8.19. The first-order valence-electron chi connectivity index (χ1n) is 15.7. The molecule has 5 aliphatic heterocycles. The molecular formula is C33H44N5O6S+. The standard InChI is InChI=1S/C33H43N5O6S/c1-6-19-15(2)24(36-32(19)43)11-22-16(3)20(7-9-29(39)40)25(34-22)13-26-21(8-10-30(41)42)17(4)23(35-26)12-27-31(28-14-45-28)18(5)33(37-27)38-44-33/h6,12-13,18,22,24,28-29,31,34-35,37-40H,1,7-11,14H2,2-5H3,(H,36,43)(H,41,42)/p+1/b25-13-,27-12-/t18-,22?,24-,28-,31-,33-/m1/s1. The molecule has 1 unspecified atom stereocenters. The van der Waals surface area contributed by atoms with Crippen molar-refractivity contribution in [2.45, 2.75) is 89.3 Å². The van der Waals surface area contributed by atoms with Crippen molar-refractivity contribution in [2.24, 2.45) is 11.8 Å². The van der Waals surface area contributed by atoms with E-state index in [9.17, 15) is 24.9 Å². The topological polar surface area (TPSA) is 181 Å². The number of aliphatic hydroxyl groups excluding tert-OH is 1. The summed E-state index contributed by atoms with van der Waals surface area (Å²) in [5.41, 5.74) is 12.3. The number of carbonyl (C=O) groups excluding carboxylic acids is 1. The minimum absolute atomic E-state index is 0.00226. The Morgan fingerprint density at radius 3 is 2.44 bits per heavy atom. The van der Waals surface area contributed by atoms with Crippen LogP contribution in [0.25, 0.3) is 12.2 Å². The van der Waals surface area contributed by atoms with Crippen LogP contribution in [0.2, 0.25) is 0 Å². The highest BCUT2D eigenvalue weighted by Crippen LogP contribution is 2.48. The second-order valence-corrected chi connectivity index (χ2v) is 14.3.